The van der Waals surface area contributed by atoms with Crippen molar-refractivity contribution in [3.63, 3.8) is 0 Å². The molecule has 0 spiro atoms. The van der Waals surface area contributed by atoms with E-state index < -0.39 is 6.10 Å². The lowest BCUT2D eigenvalue weighted by Gasteiger charge is -2.12. The molecule has 0 radical (unpaired) electrons. The van der Waals surface area contributed by atoms with Crippen LogP contribution in [0.4, 0.5) is 0 Å². The van der Waals surface area contributed by atoms with E-state index in [1.807, 2.05) is 13.8 Å². The highest BCUT2D eigenvalue weighted by molar-refractivity contribution is 4.97. The molecule has 1 atom stereocenters. The Morgan fingerprint density at radius 3 is 2.77 bits per heavy atom. The molecule has 0 aliphatic carbocycles. The van der Waals surface area contributed by atoms with Crippen LogP contribution in [-0.4, -0.2) is 32.8 Å². The van der Waals surface area contributed by atoms with Crippen molar-refractivity contribution in [1.82, 2.24) is 15.0 Å². The smallest absolute Gasteiger partial charge is 0.120 e. The second kappa shape index (κ2) is 4.34. The van der Waals surface area contributed by atoms with Crippen molar-refractivity contribution >= 4 is 0 Å². The molecule has 0 amide bonds. The minimum Gasteiger partial charge on any atom is -0.384 e. The first-order valence-corrected chi connectivity index (χ1v) is 4.25. The van der Waals surface area contributed by atoms with Crippen molar-refractivity contribution in [3.8, 4) is 0 Å². The zero-order valence-electron chi connectivity index (χ0n) is 8.14. The number of nitrogens with zero attached hydrogens (tertiary/aromatic N) is 3. The van der Waals surface area contributed by atoms with Crippen LogP contribution >= 0.6 is 0 Å². The number of hydrogen-bond donors (Lipinski definition) is 1. The molecule has 5 heteroatoms. The molecule has 0 aliphatic heterocycles. The molecule has 0 fully saturated rings. The highest BCUT2D eigenvalue weighted by atomic mass is 16.5. The SMILES string of the molecule is CC(C)OCC(O)c1cnnn1C. The van der Waals surface area contributed by atoms with Crippen molar-refractivity contribution in [2.45, 2.75) is 26.1 Å². The fourth-order valence-electron chi connectivity index (χ4n) is 0.968. The number of ether oxygens (including phenoxy) is 1. The van der Waals surface area contributed by atoms with Crippen LogP contribution in [0.25, 0.3) is 0 Å². The van der Waals surface area contributed by atoms with Crippen LogP contribution in [0.1, 0.15) is 25.6 Å². The predicted molar refractivity (Wildman–Crippen MR) is 47.1 cm³/mol. The van der Waals surface area contributed by atoms with E-state index in [1.54, 1.807) is 7.05 Å². The first-order chi connectivity index (χ1) is 6.11. The third kappa shape index (κ3) is 2.78. The fourth-order valence-corrected chi connectivity index (χ4v) is 0.968. The van der Waals surface area contributed by atoms with Gasteiger partial charge in [-0.2, -0.15) is 0 Å². The van der Waals surface area contributed by atoms with Crippen LogP contribution in [-0.2, 0) is 11.8 Å². The van der Waals surface area contributed by atoms with Gasteiger partial charge in [-0.1, -0.05) is 5.21 Å². The van der Waals surface area contributed by atoms with Crippen LogP contribution in [0.2, 0.25) is 0 Å². The van der Waals surface area contributed by atoms with E-state index in [0.717, 1.165) is 0 Å². The Morgan fingerprint density at radius 1 is 1.62 bits per heavy atom. The van der Waals surface area contributed by atoms with Gasteiger partial charge in [-0.05, 0) is 13.8 Å². The van der Waals surface area contributed by atoms with E-state index in [2.05, 4.69) is 10.3 Å². The molecule has 0 bridgehead atoms. The van der Waals surface area contributed by atoms with Gasteiger partial charge in [0.25, 0.3) is 0 Å². The van der Waals surface area contributed by atoms with Crippen molar-refractivity contribution in [2.24, 2.45) is 7.05 Å². The fraction of sp³-hybridized carbons (Fsp3) is 0.750. The molecule has 1 aromatic heterocycles. The highest BCUT2D eigenvalue weighted by Crippen LogP contribution is 2.10. The summed E-state index contributed by atoms with van der Waals surface area (Å²) in [6.45, 7) is 4.13. The van der Waals surface area contributed by atoms with E-state index in [1.165, 1.54) is 10.9 Å². The Labute approximate surface area is 77.3 Å². The third-order valence-electron chi connectivity index (χ3n) is 1.68. The molecular weight excluding hydrogens is 170 g/mol. The Kier molecular flexibility index (Phi) is 3.39. The van der Waals surface area contributed by atoms with Crippen LogP contribution in [0.3, 0.4) is 0 Å². The molecule has 1 heterocycles. The molecule has 1 unspecified atom stereocenters. The number of hydrogen-bond acceptors (Lipinski definition) is 4. The molecule has 0 saturated carbocycles. The monoisotopic (exact) mass is 185 g/mol. The van der Waals surface area contributed by atoms with Crippen molar-refractivity contribution < 1.29 is 9.84 Å². The largest absolute Gasteiger partial charge is 0.384 e. The standard InChI is InChI=1S/C8H15N3O2/c1-6(2)13-5-8(12)7-4-9-10-11(7)3/h4,6,8,12H,5H2,1-3H3. The molecule has 1 aromatic rings. The zero-order chi connectivity index (χ0) is 9.84. The van der Waals surface area contributed by atoms with Crippen LogP contribution < -0.4 is 0 Å². The second-order valence-corrected chi connectivity index (χ2v) is 3.18. The van der Waals surface area contributed by atoms with E-state index in [-0.39, 0.29) is 12.7 Å². The van der Waals surface area contributed by atoms with Gasteiger partial charge in [-0.15, -0.1) is 5.10 Å². The van der Waals surface area contributed by atoms with Gasteiger partial charge in [0.15, 0.2) is 0 Å². The van der Waals surface area contributed by atoms with Gasteiger partial charge in [-0.3, -0.25) is 0 Å². The van der Waals surface area contributed by atoms with Gasteiger partial charge in [0, 0.05) is 7.05 Å². The summed E-state index contributed by atoms with van der Waals surface area (Å²) in [5.74, 6) is 0. The minimum atomic E-state index is -0.651. The quantitative estimate of drug-likeness (QED) is 0.731. The molecule has 1 rings (SSSR count). The predicted octanol–water partition coefficient (Wildman–Crippen LogP) is 0.273. The second-order valence-electron chi connectivity index (χ2n) is 3.18. The normalized spacial score (nSPS) is 13.6. The molecule has 0 aromatic carbocycles. The molecule has 0 aliphatic rings. The number of aliphatic hydroxyl groups is 1. The summed E-state index contributed by atoms with van der Waals surface area (Å²) in [4.78, 5) is 0. The highest BCUT2D eigenvalue weighted by Gasteiger charge is 2.12. The van der Waals surface area contributed by atoms with Crippen LogP contribution in [0.5, 0.6) is 0 Å². The maximum atomic E-state index is 9.61. The molecule has 13 heavy (non-hydrogen) atoms. The van der Waals surface area contributed by atoms with Gasteiger partial charge in [0.05, 0.1) is 24.6 Å². The van der Waals surface area contributed by atoms with Gasteiger partial charge in [0.2, 0.25) is 0 Å². The Bertz CT molecular complexity index is 260. The van der Waals surface area contributed by atoms with Crippen molar-refractivity contribution in [3.05, 3.63) is 11.9 Å². The van der Waals surface area contributed by atoms with E-state index in [9.17, 15) is 5.11 Å². The first-order valence-electron chi connectivity index (χ1n) is 4.25. The van der Waals surface area contributed by atoms with Gasteiger partial charge in [0.1, 0.15) is 6.10 Å². The van der Waals surface area contributed by atoms with Crippen molar-refractivity contribution in [1.29, 1.82) is 0 Å². The van der Waals surface area contributed by atoms with Crippen molar-refractivity contribution in [2.75, 3.05) is 6.61 Å². The van der Waals surface area contributed by atoms with E-state index in [0.29, 0.717) is 5.69 Å². The third-order valence-corrected chi connectivity index (χ3v) is 1.68. The van der Waals surface area contributed by atoms with E-state index >= 15 is 0 Å². The molecular formula is C8H15N3O2. The van der Waals surface area contributed by atoms with Gasteiger partial charge in [-0.25, -0.2) is 4.68 Å². The molecule has 5 nitrogen and oxygen atoms in total. The summed E-state index contributed by atoms with van der Waals surface area (Å²) in [5, 5.41) is 17.0. The van der Waals surface area contributed by atoms with Crippen LogP contribution in [0, 0.1) is 0 Å². The lowest BCUT2D eigenvalue weighted by molar-refractivity contribution is 0.00183. The van der Waals surface area contributed by atoms with E-state index in [4.69, 9.17) is 4.74 Å². The maximum absolute atomic E-state index is 9.61. The summed E-state index contributed by atoms with van der Waals surface area (Å²) in [7, 11) is 1.74. The Hall–Kier alpha value is -0.940. The zero-order valence-corrected chi connectivity index (χ0v) is 8.14. The number of aliphatic hydroxyl groups excluding tert-OH is 1. The van der Waals surface area contributed by atoms with Gasteiger partial charge >= 0.3 is 0 Å². The van der Waals surface area contributed by atoms with Crippen LogP contribution in [0.15, 0.2) is 6.20 Å². The summed E-state index contributed by atoms with van der Waals surface area (Å²) < 4.78 is 6.80. The Morgan fingerprint density at radius 2 is 2.31 bits per heavy atom. The molecule has 74 valence electrons. The number of aromatic nitrogens is 3. The average Bonchev–Trinajstić information content (AvgIpc) is 2.47. The molecule has 1 N–H and O–H groups in total. The lowest BCUT2D eigenvalue weighted by Crippen LogP contribution is -2.14. The number of rotatable bonds is 4. The summed E-state index contributed by atoms with van der Waals surface area (Å²) >= 11 is 0. The number of aryl methyl sites for hydroxylation is 1. The summed E-state index contributed by atoms with van der Waals surface area (Å²) in [5.41, 5.74) is 0.667. The topological polar surface area (TPSA) is 60.2 Å². The Balaban J connectivity index is 2.49. The van der Waals surface area contributed by atoms with Gasteiger partial charge < -0.3 is 9.84 Å². The molecule has 0 saturated heterocycles. The summed E-state index contributed by atoms with van der Waals surface area (Å²) in [6.07, 6.45) is 1.01. The average molecular weight is 185 g/mol. The summed E-state index contributed by atoms with van der Waals surface area (Å²) in [6, 6.07) is 0. The first kappa shape index (κ1) is 10.1. The maximum Gasteiger partial charge on any atom is 0.120 e. The lowest BCUT2D eigenvalue weighted by atomic mass is 10.3. The minimum absolute atomic E-state index is 0.121.